The average Bonchev–Trinajstić information content (AvgIpc) is 3.94. The Morgan fingerprint density at radius 1 is 0.367 bits per heavy atom. The van der Waals surface area contributed by atoms with E-state index in [4.69, 9.17) is 0 Å². The zero-order valence-electron chi connectivity index (χ0n) is 26.4. The summed E-state index contributed by atoms with van der Waals surface area (Å²) in [6, 6.07) is 50.4. The summed E-state index contributed by atoms with van der Waals surface area (Å²) < 4.78 is 0. The van der Waals surface area contributed by atoms with Gasteiger partial charge in [-0.15, -0.1) is 0 Å². The van der Waals surface area contributed by atoms with E-state index in [1.54, 1.807) is 22.7 Å². The SMILES string of the molecule is Oc1ccc(C2(c3ccc(O)c(-c4ccccc4)c3)c3cc(-c4ccsc4)ccc3-c3ccc(-c4ccsc4)cc32)cc1-c1ccccc1. The Hall–Kier alpha value is -5.68. The summed E-state index contributed by atoms with van der Waals surface area (Å²) in [7, 11) is 0. The van der Waals surface area contributed by atoms with E-state index in [1.807, 2.05) is 72.8 Å². The molecule has 0 radical (unpaired) electrons. The number of fused-ring (bicyclic) bond motifs is 3. The highest BCUT2D eigenvalue weighted by atomic mass is 32.1. The quantitative estimate of drug-likeness (QED) is 0.185. The second-order valence-corrected chi connectivity index (χ2v) is 14.1. The number of benzene rings is 6. The second-order valence-electron chi connectivity index (χ2n) is 12.5. The predicted molar refractivity (Wildman–Crippen MR) is 205 cm³/mol. The van der Waals surface area contributed by atoms with Crippen LogP contribution in [0.25, 0.3) is 55.6 Å². The Bertz CT molecular complexity index is 2270. The fraction of sp³-hybridized carbons (Fsp3) is 0.0222. The first-order valence-electron chi connectivity index (χ1n) is 16.2. The minimum atomic E-state index is -0.781. The standard InChI is InChI=1S/C45H30O2S2/c46-43-17-13-35(25-39(43)29-7-3-1-4-8-29)45(36-14-18-44(47)40(26-36)30-9-5-2-6-10-30)41-23-31(33-19-21-48-27-33)11-15-37(41)38-16-12-32(24-42(38)45)34-20-22-49-28-34/h1-28,46-47H. The van der Waals surface area contributed by atoms with Gasteiger partial charge in [-0.2, -0.15) is 22.7 Å². The van der Waals surface area contributed by atoms with Crippen molar-refractivity contribution in [2.45, 2.75) is 5.41 Å². The molecule has 0 amide bonds. The molecule has 2 aromatic heterocycles. The van der Waals surface area contributed by atoms with Crippen molar-refractivity contribution in [1.82, 2.24) is 0 Å². The van der Waals surface area contributed by atoms with Crippen molar-refractivity contribution in [3.8, 4) is 67.1 Å². The molecule has 0 saturated heterocycles. The molecule has 2 heterocycles. The monoisotopic (exact) mass is 666 g/mol. The Morgan fingerprint density at radius 3 is 1.22 bits per heavy atom. The lowest BCUT2D eigenvalue weighted by molar-refractivity contribution is 0.477. The maximum atomic E-state index is 11.3. The molecule has 0 bridgehead atoms. The number of hydrogen-bond acceptors (Lipinski definition) is 4. The van der Waals surface area contributed by atoms with Crippen LogP contribution in [0.1, 0.15) is 22.3 Å². The zero-order chi connectivity index (χ0) is 33.0. The molecule has 0 saturated carbocycles. The molecule has 0 fully saturated rings. The van der Waals surface area contributed by atoms with Crippen molar-refractivity contribution in [1.29, 1.82) is 0 Å². The summed E-state index contributed by atoms with van der Waals surface area (Å²) in [6.45, 7) is 0. The first kappa shape index (κ1) is 29.5. The topological polar surface area (TPSA) is 40.5 Å². The summed E-state index contributed by atoms with van der Waals surface area (Å²) in [6.07, 6.45) is 0. The highest BCUT2D eigenvalue weighted by Gasteiger charge is 2.47. The van der Waals surface area contributed by atoms with E-state index in [1.165, 1.54) is 33.4 Å². The van der Waals surface area contributed by atoms with Crippen LogP contribution in [0.3, 0.4) is 0 Å². The molecular formula is C45H30O2S2. The Balaban J connectivity index is 1.42. The van der Waals surface area contributed by atoms with Crippen molar-refractivity contribution in [3.05, 3.63) is 189 Å². The van der Waals surface area contributed by atoms with E-state index < -0.39 is 5.41 Å². The van der Waals surface area contributed by atoms with Crippen LogP contribution < -0.4 is 0 Å². The zero-order valence-corrected chi connectivity index (χ0v) is 28.0. The third-order valence-corrected chi connectivity index (χ3v) is 11.2. The lowest BCUT2D eigenvalue weighted by Gasteiger charge is -2.35. The molecular weight excluding hydrogens is 637 g/mol. The van der Waals surface area contributed by atoms with Gasteiger partial charge in [-0.25, -0.2) is 0 Å². The van der Waals surface area contributed by atoms with E-state index in [9.17, 15) is 10.2 Å². The van der Waals surface area contributed by atoms with Gasteiger partial charge in [-0.3, -0.25) is 0 Å². The lowest BCUT2D eigenvalue weighted by atomic mass is 9.66. The maximum absolute atomic E-state index is 11.3. The number of hydrogen-bond donors (Lipinski definition) is 2. The van der Waals surface area contributed by atoms with Crippen LogP contribution in [0.5, 0.6) is 11.5 Å². The number of rotatable bonds is 6. The third kappa shape index (κ3) is 4.75. The fourth-order valence-corrected chi connectivity index (χ4v) is 8.90. The Kier molecular flexibility index (Phi) is 7.08. The van der Waals surface area contributed by atoms with Crippen molar-refractivity contribution < 1.29 is 10.2 Å². The van der Waals surface area contributed by atoms with Crippen LogP contribution >= 0.6 is 22.7 Å². The van der Waals surface area contributed by atoms with Gasteiger partial charge < -0.3 is 10.2 Å². The summed E-state index contributed by atoms with van der Waals surface area (Å²) >= 11 is 3.39. The Labute approximate surface area is 293 Å². The highest BCUT2D eigenvalue weighted by Crippen LogP contribution is 2.59. The summed E-state index contributed by atoms with van der Waals surface area (Å²) in [5.74, 6) is 0.469. The van der Waals surface area contributed by atoms with E-state index in [-0.39, 0.29) is 11.5 Å². The first-order chi connectivity index (χ1) is 24.1. The number of aromatic hydroxyl groups is 2. The normalized spacial score (nSPS) is 12.8. The van der Waals surface area contributed by atoms with Crippen molar-refractivity contribution in [2.75, 3.05) is 0 Å². The molecule has 2 nitrogen and oxygen atoms in total. The number of phenolic OH excluding ortho intramolecular Hbond substituents is 2. The molecule has 9 rings (SSSR count). The third-order valence-electron chi connectivity index (χ3n) is 9.88. The molecule has 0 atom stereocenters. The summed E-state index contributed by atoms with van der Waals surface area (Å²) in [4.78, 5) is 0. The van der Waals surface area contributed by atoms with Gasteiger partial charge in [-0.05, 0) is 137 Å². The van der Waals surface area contributed by atoms with Gasteiger partial charge >= 0.3 is 0 Å². The molecule has 0 unspecified atom stereocenters. The van der Waals surface area contributed by atoms with Crippen molar-refractivity contribution in [3.63, 3.8) is 0 Å². The van der Waals surface area contributed by atoms with Gasteiger partial charge in [0.1, 0.15) is 11.5 Å². The lowest BCUT2D eigenvalue weighted by Crippen LogP contribution is -2.29. The minimum absolute atomic E-state index is 0.235. The average molecular weight is 667 g/mol. The molecule has 6 aromatic carbocycles. The molecule has 0 spiro atoms. The van der Waals surface area contributed by atoms with Crippen LogP contribution in [0, 0.1) is 0 Å². The first-order valence-corrected chi connectivity index (χ1v) is 18.1. The van der Waals surface area contributed by atoms with E-state index in [0.717, 1.165) is 44.5 Å². The minimum Gasteiger partial charge on any atom is -0.507 e. The van der Waals surface area contributed by atoms with Crippen LogP contribution in [0.15, 0.2) is 167 Å². The highest BCUT2D eigenvalue weighted by molar-refractivity contribution is 7.08. The molecule has 4 heteroatoms. The fourth-order valence-electron chi connectivity index (χ4n) is 7.57. The maximum Gasteiger partial charge on any atom is 0.123 e. The summed E-state index contributed by atoms with van der Waals surface area (Å²) in [5, 5.41) is 31.3. The molecule has 8 aromatic rings. The number of phenols is 2. The van der Waals surface area contributed by atoms with Gasteiger partial charge in [0.2, 0.25) is 0 Å². The van der Waals surface area contributed by atoms with Crippen molar-refractivity contribution in [2.24, 2.45) is 0 Å². The molecule has 1 aliphatic rings. The van der Waals surface area contributed by atoms with Gasteiger partial charge in [0.15, 0.2) is 0 Å². The Morgan fingerprint density at radius 2 is 0.816 bits per heavy atom. The molecule has 0 aliphatic heterocycles. The van der Waals surface area contributed by atoms with Gasteiger partial charge in [0, 0.05) is 11.1 Å². The largest absolute Gasteiger partial charge is 0.507 e. The molecule has 234 valence electrons. The van der Waals surface area contributed by atoms with Crippen LogP contribution in [-0.2, 0) is 5.41 Å². The smallest absolute Gasteiger partial charge is 0.123 e. The molecule has 49 heavy (non-hydrogen) atoms. The molecule has 1 aliphatic carbocycles. The van der Waals surface area contributed by atoms with Crippen molar-refractivity contribution >= 4 is 22.7 Å². The van der Waals surface area contributed by atoms with E-state index >= 15 is 0 Å². The second kappa shape index (κ2) is 11.8. The predicted octanol–water partition coefficient (Wildman–Crippen LogP) is 12.3. The number of thiophene rings is 2. The van der Waals surface area contributed by atoms with Gasteiger partial charge in [-0.1, -0.05) is 97.1 Å². The molecule has 2 N–H and O–H groups in total. The van der Waals surface area contributed by atoms with Crippen LogP contribution in [0.4, 0.5) is 0 Å². The van der Waals surface area contributed by atoms with Crippen LogP contribution in [0.2, 0.25) is 0 Å². The van der Waals surface area contributed by atoms with E-state index in [2.05, 4.69) is 94.3 Å². The summed E-state index contributed by atoms with van der Waals surface area (Å²) in [5.41, 5.74) is 14.1. The van der Waals surface area contributed by atoms with Gasteiger partial charge in [0.05, 0.1) is 5.41 Å². The van der Waals surface area contributed by atoms with Gasteiger partial charge in [0.25, 0.3) is 0 Å². The van der Waals surface area contributed by atoms with Crippen LogP contribution in [-0.4, -0.2) is 10.2 Å². The van der Waals surface area contributed by atoms with E-state index in [0.29, 0.717) is 0 Å².